The molecule has 0 saturated carbocycles. The Kier molecular flexibility index (Phi) is 6.93. The van der Waals surface area contributed by atoms with Gasteiger partial charge in [-0.05, 0) is 0 Å². The van der Waals surface area contributed by atoms with Crippen LogP contribution in [0.25, 0.3) is 22.3 Å². The Balaban J connectivity index is 1.15. The standard InChI is InChI=1S/C20H22FN9O11P2/c21-12-15-10(39-20(12)30-7-28-14-18(30)25-5-26-19(14)31)3-37-42(32,33)40-8-1-11(38-9(8)2-36-43(34,35)41-15)29-6-27-13-16(22)23-4-24-17(13)29/h4-12,15,20H,1-3H2,(H,32,33)(H,34,35)(H2,22,23,24)(H,25,26,31)/t8-,9?,10?,11?,12+,15+,20?/m0/s1. The number of halogens is 1. The van der Waals surface area contributed by atoms with Gasteiger partial charge in [0.05, 0.1) is 32.2 Å². The number of aromatic nitrogens is 8. The first kappa shape index (κ1) is 28.5. The van der Waals surface area contributed by atoms with Gasteiger partial charge in [0, 0.05) is 6.42 Å². The predicted molar refractivity (Wildman–Crippen MR) is 137 cm³/mol. The highest BCUT2D eigenvalue weighted by atomic mass is 31.2. The first-order valence-electron chi connectivity index (χ1n) is 12.6. The first-order chi connectivity index (χ1) is 20.5. The average Bonchev–Trinajstić information content (AvgIpc) is 3.72. The van der Waals surface area contributed by atoms with Crippen molar-refractivity contribution in [2.75, 3.05) is 18.9 Å². The number of fused-ring (bicyclic) bond motifs is 4. The van der Waals surface area contributed by atoms with Gasteiger partial charge in [-0.15, -0.1) is 0 Å². The lowest BCUT2D eigenvalue weighted by Gasteiger charge is -2.27. The molecule has 4 aromatic heterocycles. The number of phosphoric acid groups is 2. The molecule has 3 aliphatic heterocycles. The lowest BCUT2D eigenvalue weighted by atomic mass is 10.1. The minimum atomic E-state index is -5.01. The molecule has 230 valence electrons. The van der Waals surface area contributed by atoms with E-state index in [1.165, 1.54) is 17.2 Å². The zero-order chi connectivity index (χ0) is 30.1. The molecule has 0 bridgehead atoms. The van der Waals surface area contributed by atoms with Crippen molar-refractivity contribution in [1.29, 1.82) is 0 Å². The van der Waals surface area contributed by atoms with Crippen molar-refractivity contribution in [3.05, 3.63) is 35.7 Å². The molecule has 3 aliphatic rings. The molecule has 0 radical (unpaired) electrons. The van der Waals surface area contributed by atoms with E-state index in [1.54, 1.807) is 0 Å². The van der Waals surface area contributed by atoms with Crippen LogP contribution in [-0.2, 0) is 36.7 Å². The lowest BCUT2D eigenvalue weighted by molar-refractivity contribution is -0.0661. The third kappa shape index (κ3) is 5.16. The van der Waals surface area contributed by atoms with E-state index >= 15 is 4.39 Å². The number of aromatic amines is 1. The minimum absolute atomic E-state index is 0.0476. The SMILES string of the molecule is Nc1ncnc2c1ncn2C1C[C@@H]2OP(=O)(O)OCC3OC(n4cnc5c(=O)[nH]cnc54)[C@H](F)[C@@H]3OP(=O)(O)OCC2O1. The molecule has 3 saturated heterocycles. The molecule has 43 heavy (non-hydrogen) atoms. The highest BCUT2D eigenvalue weighted by Crippen LogP contribution is 2.54. The smallest absolute Gasteiger partial charge is 0.382 e. The van der Waals surface area contributed by atoms with Gasteiger partial charge in [-0.2, -0.15) is 0 Å². The molecular weight excluding hydrogens is 623 g/mol. The maximum Gasteiger partial charge on any atom is 0.472 e. The number of phosphoric ester groups is 2. The Morgan fingerprint density at radius 3 is 2.42 bits per heavy atom. The van der Waals surface area contributed by atoms with Crippen molar-refractivity contribution in [2.24, 2.45) is 0 Å². The Bertz CT molecular complexity index is 1850. The summed E-state index contributed by atoms with van der Waals surface area (Å²) < 4.78 is 76.7. The van der Waals surface area contributed by atoms with Crippen LogP contribution in [0.3, 0.4) is 0 Å². The number of rotatable bonds is 2. The van der Waals surface area contributed by atoms with Crippen LogP contribution in [0.15, 0.2) is 30.1 Å². The topological polar surface area (TPSA) is 263 Å². The average molecular weight is 645 g/mol. The van der Waals surface area contributed by atoms with Crippen LogP contribution < -0.4 is 11.3 Å². The van der Waals surface area contributed by atoms with Gasteiger partial charge in [0.15, 0.2) is 35.0 Å². The van der Waals surface area contributed by atoms with E-state index in [0.29, 0.717) is 5.65 Å². The fraction of sp³-hybridized carbons (Fsp3) is 0.500. The first-order valence-corrected chi connectivity index (χ1v) is 15.6. The van der Waals surface area contributed by atoms with E-state index in [1.807, 2.05) is 0 Å². The van der Waals surface area contributed by atoms with Gasteiger partial charge in [-0.25, -0.2) is 38.4 Å². The number of hydrogen-bond donors (Lipinski definition) is 4. The molecule has 0 spiro atoms. The quantitative estimate of drug-likeness (QED) is 0.210. The molecule has 3 fully saturated rings. The van der Waals surface area contributed by atoms with Gasteiger partial charge >= 0.3 is 15.6 Å². The number of nitrogens with one attached hydrogen (secondary N) is 1. The maximum absolute atomic E-state index is 15.8. The van der Waals surface area contributed by atoms with Gasteiger partial charge < -0.3 is 30.0 Å². The Labute approximate surface area is 238 Å². The second-order valence-electron chi connectivity index (χ2n) is 9.76. The number of ether oxygens (including phenoxy) is 2. The second-order valence-corrected chi connectivity index (χ2v) is 12.6. The van der Waals surface area contributed by atoms with Crippen LogP contribution in [0.5, 0.6) is 0 Å². The molecule has 7 rings (SSSR count). The molecule has 23 heteroatoms. The predicted octanol–water partition coefficient (Wildman–Crippen LogP) is 0.0827. The van der Waals surface area contributed by atoms with Crippen LogP contribution in [0.4, 0.5) is 10.2 Å². The summed E-state index contributed by atoms with van der Waals surface area (Å²) in [5.74, 6) is 0.117. The molecule has 0 aliphatic carbocycles. The largest absolute Gasteiger partial charge is 0.472 e. The maximum atomic E-state index is 15.8. The Morgan fingerprint density at radius 1 is 0.907 bits per heavy atom. The molecule has 20 nitrogen and oxygen atoms in total. The highest BCUT2D eigenvalue weighted by molar-refractivity contribution is 7.47. The van der Waals surface area contributed by atoms with E-state index in [9.17, 15) is 23.7 Å². The summed E-state index contributed by atoms with van der Waals surface area (Å²) in [6.07, 6.45) is -5.69. The van der Waals surface area contributed by atoms with Crippen LogP contribution in [0.1, 0.15) is 18.9 Å². The summed E-state index contributed by atoms with van der Waals surface area (Å²) in [7, 11) is -9.87. The van der Waals surface area contributed by atoms with Crippen molar-refractivity contribution in [3.8, 4) is 0 Å². The van der Waals surface area contributed by atoms with Crippen LogP contribution >= 0.6 is 15.6 Å². The Hall–Kier alpha value is -3.23. The summed E-state index contributed by atoms with van der Waals surface area (Å²) in [4.78, 5) is 55.5. The third-order valence-corrected chi connectivity index (χ3v) is 9.11. The fourth-order valence-electron chi connectivity index (χ4n) is 5.16. The Morgan fingerprint density at radius 2 is 1.60 bits per heavy atom. The molecule has 6 unspecified atom stereocenters. The van der Waals surface area contributed by atoms with Gasteiger partial charge in [0.2, 0.25) is 0 Å². The van der Waals surface area contributed by atoms with Crippen LogP contribution in [0.2, 0.25) is 0 Å². The lowest BCUT2D eigenvalue weighted by Crippen LogP contribution is -2.35. The number of nitrogens with zero attached hydrogens (tertiary/aromatic N) is 7. The number of imidazole rings is 2. The van der Waals surface area contributed by atoms with Crippen molar-refractivity contribution in [1.82, 2.24) is 39.0 Å². The van der Waals surface area contributed by atoms with Gasteiger partial charge in [-0.3, -0.25) is 32.0 Å². The van der Waals surface area contributed by atoms with Crippen LogP contribution in [0, 0.1) is 0 Å². The summed E-state index contributed by atoms with van der Waals surface area (Å²) in [5, 5.41) is 0. The van der Waals surface area contributed by atoms with Gasteiger partial charge in [0.1, 0.15) is 42.5 Å². The highest BCUT2D eigenvalue weighted by Gasteiger charge is 2.53. The third-order valence-electron chi connectivity index (χ3n) is 7.11. The summed E-state index contributed by atoms with van der Waals surface area (Å²) in [6.45, 7) is -1.48. The normalized spacial score (nSPS) is 37.1. The van der Waals surface area contributed by atoms with E-state index in [2.05, 4.69) is 29.9 Å². The van der Waals surface area contributed by atoms with E-state index < -0.39 is 77.5 Å². The van der Waals surface area contributed by atoms with Gasteiger partial charge in [0.25, 0.3) is 5.56 Å². The summed E-state index contributed by atoms with van der Waals surface area (Å²) in [5.41, 5.74) is 5.67. The van der Waals surface area contributed by atoms with Crippen molar-refractivity contribution >= 4 is 43.8 Å². The number of nitrogens with two attached hydrogens (primary N) is 1. The van der Waals surface area contributed by atoms with E-state index in [-0.39, 0.29) is 28.9 Å². The number of H-pyrrole nitrogens is 1. The number of hydrogen-bond acceptors (Lipinski definition) is 15. The molecule has 4 aromatic rings. The van der Waals surface area contributed by atoms with Crippen LogP contribution in [-0.4, -0.2) is 92.6 Å². The van der Waals surface area contributed by atoms with Crippen molar-refractivity contribution in [3.63, 3.8) is 0 Å². The number of anilines is 1. The van der Waals surface area contributed by atoms with E-state index in [4.69, 9.17) is 33.3 Å². The molecular formula is C20H22FN9O11P2. The summed E-state index contributed by atoms with van der Waals surface area (Å²) >= 11 is 0. The molecule has 9 atom stereocenters. The minimum Gasteiger partial charge on any atom is -0.382 e. The monoisotopic (exact) mass is 645 g/mol. The summed E-state index contributed by atoms with van der Waals surface area (Å²) in [6, 6.07) is 0. The van der Waals surface area contributed by atoms with Crippen molar-refractivity contribution in [2.45, 2.75) is 49.5 Å². The molecule has 7 heterocycles. The second kappa shape index (κ2) is 10.4. The molecule has 0 amide bonds. The zero-order valence-corrected chi connectivity index (χ0v) is 23.3. The molecule has 0 aromatic carbocycles. The van der Waals surface area contributed by atoms with Crippen molar-refractivity contribution < 1.29 is 50.9 Å². The van der Waals surface area contributed by atoms with E-state index in [0.717, 1.165) is 17.2 Å². The molecule has 5 N–H and O–H groups in total. The number of nitrogen functional groups attached to an aromatic ring is 1. The fourth-order valence-corrected chi connectivity index (χ4v) is 7.08. The van der Waals surface area contributed by atoms with Gasteiger partial charge in [-0.1, -0.05) is 0 Å². The zero-order valence-electron chi connectivity index (χ0n) is 21.5. The number of alkyl halides is 1.